The number of piperidine rings is 1. The summed E-state index contributed by atoms with van der Waals surface area (Å²) in [5.41, 5.74) is 2.53. The van der Waals surface area contributed by atoms with Crippen molar-refractivity contribution in [3.8, 4) is 0 Å². The van der Waals surface area contributed by atoms with Crippen molar-refractivity contribution in [2.45, 2.75) is 103 Å². The summed E-state index contributed by atoms with van der Waals surface area (Å²) >= 11 is 0. The van der Waals surface area contributed by atoms with Gasteiger partial charge in [-0.3, -0.25) is 4.79 Å². The molecule has 1 aromatic rings. The Bertz CT molecular complexity index is 864. The van der Waals surface area contributed by atoms with Crippen molar-refractivity contribution in [1.29, 1.82) is 0 Å². The van der Waals surface area contributed by atoms with E-state index in [2.05, 4.69) is 43.9 Å². The van der Waals surface area contributed by atoms with Crippen LogP contribution in [0.25, 0.3) is 0 Å². The highest BCUT2D eigenvalue weighted by molar-refractivity contribution is 5.94. The summed E-state index contributed by atoms with van der Waals surface area (Å²) in [5.74, 6) is 0.138. The topological polar surface area (TPSA) is 53.1 Å². The molecule has 1 spiro atoms. The third-order valence-electron chi connectivity index (χ3n) is 8.61. The first-order valence-corrected chi connectivity index (χ1v) is 13.5. The fourth-order valence-electron chi connectivity index (χ4n) is 6.55. The van der Waals surface area contributed by atoms with Crippen LogP contribution in [0, 0.1) is 0 Å². The van der Waals surface area contributed by atoms with E-state index >= 15 is 0 Å². The maximum Gasteiger partial charge on any atom is 0.410 e. The summed E-state index contributed by atoms with van der Waals surface area (Å²) in [6.45, 7) is 11.7. The Labute approximate surface area is 205 Å². The molecule has 0 radical (unpaired) electrons. The van der Waals surface area contributed by atoms with Gasteiger partial charge in [-0.1, -0.05) is 38.5 Å². The fraction of sp³-hybridized carbons (Fsp3) is 0.714. The molecule has 188 valence electrons. The molecule has 2 saturated heterocycles. The number of unbranched alkanes of at least 4 members (excludes halogenated alkanes) is 1. The number of hydrogen-bond donors (Lipinski definition) is 0. The monoisotopic (exact) mass is 469 g/mol. The third kappa shape index (κ3) is 4.84. The van der Waals surface area contributed by atoms with Crippen LogP contribution in [0.5, 0.6) is 0 Å². The summed E-state index contributed by atoms with van der Waals surface area (Å²) in [4.78, 5) is 31.8. The standard InChI is InChI=1S/C28H43N3O3/c1-5-7-18-34-27(33)31-21(3)12-13-24(31)19-23(6-2)29-16-14-28(15-17-29)20-30(22(4)32)26-11-9-8-10-25(26)28/h8-11,21,23-24H,5-7,12-20H2,1-4H3. The van der Waals surface area contributed by atoms with E-state index in [0.29, 0.717) is 12.6 Å². The number of rotatable bonds is 7. The molecule has 2 amide bonds. The number of benzene rings is 1. The molecule has 0 bridgehead atoms. The minimum atomic E-state index is -0.122. The molecule has 3 aliphatic rings. The van der Waals surface area contributed by atoms with E-state index in [1.807, 2.05) is 15.9 Å². The van der Waals surface area contributed by atoms with Gasteiger partial charge in [0.2, 0.25) is 5.91 Å². The van der Waals surface area contributed by atoms with E-state index in [1.165, 1.54) is 5.56 Å². The van der Waals surface area contributed by atoms with E-state index in [1.54, 1.807) is 6.92 Å². The van der Waals surface area contributed by atoms with Gasteiger partial charge in [-0.05, 0) is 76.6 Å². The lowest BCUT2D eigenvalue weighted by Gasteiger charge is -2.44. The van der Waals surface area contributed by atoms with Crippen LogP contribution in [-0.4, -0.2) is 66.2 Å². The molecule has 2 fully saturated rings. The van der Waals surface area contributed by atoms with Gasteiger partial charge in [-0.2, -0.15) is 0 Å². The van der Waals surface area contributed by atoms with E-state index in [0.717, 1.165) is 76.7 Å². The van der Waals surface area contributed by atoms with Gasteiger partial charge in [0.1, 0.15) is 0 Å². The number of ether oxygens (including phenoxy) is 1. The van der Waals surface area contributed by atoms with Gasteiger partial charge >= 0.3 is 6.09 Å². The molecular weight excluding hydrogens is 426 g/mol. The van der Waals surface area contributed by atoms with Gasteiger partial charge in [-0.25, -0.2) is 4.79 Å². The van der Waals surface area contributed by atoms with Crippen LogP contribution in [-0.2, 0) is 14.9 Å². The van der Waals surface area contributed by atoms with Crippen molar-refractivity contribution in [3.05, 3.63) is 29.8 Å². The second kappa shape index (κ2) is 10.7. The van der Waals surface area contributed by atoms with Gasteiger partial charge in [0.25, 0.3) is 0 Å². The minimum absolute atomic E-state index is 0.0774. The molecule has 0 saturated carbocycles. The van der Waals surface area contributed by atoms with Crippen molar-refractivity contribution in [2.75, 3.05) is 31.1 Å². The van der Waals surface area contributed by atoms with Crippen LogP contribution >= 0.6 is 0 Å². The summed E-state index contributed by atoms with van der Waals surface area (Å²) in [5, 5.41) is 0. The van der Waals surface area contributed by atoms with Crippen molar-refractivity contribution < 1.29 is 14.3 Å². The average molecular weight is 470 g/mol. The largest absolute Gasteiger partial charge is 0.449 e. The molecule has 0 N–H and O–H groups in total. The molecule has 0 aliphatic carbocycles. The molecular formula is C28H43N3O3. The summed E-state index contributed by atoms with van der Waals surface area (Å²) < 4.78 is 5.59. The molecule has 3 unspecified atom stereocenters. The zero-order valence-corrected chi connectivity index (χ0v) is 21.6. The van der Waals surface area contributed by atoms with Crippen molar-refractivity contribution >= 4 is 17.7 Å². The van der Waals surface area contributed by atoms with Crippen LogP contribution in [0.1, 0.15) is 84.6 Å². The molecule has 4 rings (SSSR count). The lowest BCUT2D eigenvalue weighted by atomic mass is 9.74. The molecule has 6 nitrogen and oxygen atoms in total. The first kappa shape index (κ1) is 25.0. The molecule has 0 aromatic heterocycles. The zero-order valence-electron chi connectivity index (χ0n) is 21.6. The first-order valence-electron chi connectivity index (χ1n) is 13.5. The van der Waals surface area contributed by atoms with Crippen LogP contribution in [0.15, 0.2) is 24.3 Å². The first-order chi connectivity index (χ1) is 16.4. The number of hydrogen-bond acceptors (Lipinski definition) is 4. The normalized spacial score (nSPS) is 24.9. The number of para-hydroxylation sites is 1. The Morgan fingerprint density at radius 1 is 1.15 bits per heavy atom. The highest BCUT2D eigenvalue weighted by atomic mass is 16.6. The predicted octanol–water partition coefficient (Wildman–Crippen LogP) is 5.35. The number of amides is 2. The van der Waals surface area contributed by atoms with Crippen LogP contribution in [0.3, 0.4) is 0 Å². The maximum atomic E-state index is 12.8. The number of likely N-dealkylation sites (tertiary alicyclic amines) is 2. The second-order valence-electron chi connectivity index (χ2n) is 10.7. The van der Waals surface area contributed by atoms with Gasteiger partial charge < -0.3 is 19.4 Å². The molecule has 34 heavy (non-hydrogen) atoms. The third-order valence-corrected chi connectivity index (χ3v) is 8.61. The lowest BCUT2D eigenvalue weighted by molar-refractivity contribution is -0.116. The summed E-state index contributed by atoms with van der Waals surface area (Å²) in [7, 11) is 0. The number of fused-ring (bicyclic) bond motifs is 2. The van der Waals surface area contributed by atoms with Gasteiger partial charge in [0, 0.05) is 42.7 Å². The maximum absolute atomic E-state index is 12.8. The molecule has 3 heterocycles. The smallest absolute Gasteiger partial charge is 0.410 e. The Morgan fingerprint density at radius 2 is 1.88 bits per heavy atom. The van der Waals surface area contributed by atoms with E-state index < -0.39 is 0 Å². The van der Waals surface area contributed by atoms with Crippen molar-refractivity contribution in [3.63, 3.8) is 0 Å². The van der Waals surface area contributed by atoms with Crippen molar-refractivity contribution in [1.82, 2.24) is 9.80 Å². The Morgan fingerprint density at radius 3 is 2.56 bits per heavy atom. The Kier molecular flexibility index (Phi) is 7.86. The number of nitrogens with zero attached hydrogens (tertiary/aromatic N) is 3. The van der Waals surface area contributed by atoms with Gasteiger partial charge in [0.05, 0.1) is 6.61 Å². The molecule has 3 aliphatic heterocycles. The highest BCUT2D eigenvalue weighted by Crippen LogP contribution is 2.47. The van der Waals surface area contributed by atoms with E-state index in [4.69, 9.17) is 4.74 Å². The molecule has 1 aromatic carbocycles. The van der Waals surface area contributed by atoms with Crippen LogP contribution in [0.2, 0.25) is 0 Å². The Balaban J connectivity index is 1.40. The van der Waals surface area contributed by atoms with Gasteiger partial charge in [0.15, 0.2) is 0 Å². The quantitative estimate of drug-likeness (QED) is 0.506. The number of carbonyl (C=O) groups is 2. The number of carbonyl (C=O) groups excluding carboxylic acids is 2. The van der Waals surface area contributed by atoms with E-state index in [-0.39, 0.29) is 29.5 Å². The van der Waals surface area contributed by atoms with E-state index in [9.17, 15) is 9.59 Å². The fourth-order valence-corrected chi connectivity index (χ4v) is 6.55. The summed E-state index contributed by atoms with van der Waals surface area (Å²) in [6.07, 6.45) is 8.24. The predicted molar refractivity (Wildman–Crippen MR) is 136 cm³/mol. The van der Waals surface area contributed by atoms with Crippen molar-refractivity contribution in [2.24, 2.45) is 0 Å². The average Bonchev–Trinajstić information content (AvgIpc) is 3.36. The number of anilines is 1. The lowest BCUT2D eigenvalue weighted by Crippen LogP contribution is -2.51. The van der Waals surface area contributed by atoms with Crippen LogP contribution < -0.4 is 4.90 Å². The molecule has 6 heteroatoms. The second-order valence-corrected chi connectivity index (χ2v) is 10.7. The summed E-state index contributed by atoms with van der Waals surface area (Å²) in [6, 6.07) is 9.48. The Hall–Kier alpha value is -2.08. The van der Waals surface area contributed by atoms with Crippen LogP contribution in [0.4, 0.5) is 10.5 Å². The molecule has 3 atom stereocenters. The van der Waals surface area contributed by atoms with Gasteiger partial charge in [-0.15, -0.1) is 0 Å². The zero-order chi connectivity index (χ0) is 24.3. The SMILES string of the molecule is CCCCOC(=O)N1C(C)CCC1CC(CC)N1CCC2(CC1)CN(C(C)=O)c1ccccc12. The minimum Gasteiger partial charge on any atom is -0.449 e. The highest BCUT2D eigenvalue weighted by Gasteiger charge is 2.46.